The summed E-state index contributed by atoms with van der Waals surface area (Å²) >= 11 is 0. The van der Waals surface area contributed by atoms with Crippen LogP contribution in [0.25, 0.3) is 22.4 Å². The van der Waals surface area contributed by atoms with Gasteiger partial charge in [0.05, 0.1) is 24.5 Å². The number of nitrogens with zero attached hydrogens (tertiary/aromatic N) is 5. The van der Waals surface area contributed by atoms with Gasteiger partial charge in [-0.1, -0.05) is 6.07 Å². The predicted octanol–water partition coefficient (Wildman–Crippen LogP) is 3.13. The number of aromatic hydroxyl groups is 1. The van der Waals surface area contributed by atoms with Crippen LogP contribution in [0.5, 0.6) is 5.75 Å². The van der Waals surface area contributed by atoms with Gasteiger partial charge in [-0.25, -0.2) is 13.8 Å². The molecule has 2 aromatic heterocycles. The molecule has 3 N–H and O–H groups in total. The zero-order valence-electron chi connectivity index (χ0n) is 17.2. The number of hydrogen-bond donors (Lipinski definition) is 3. The van der Waals surface area contributed by atoms with Crippen molar-refractivity contribution in [2.75, 3.05) is 4.90 Å². The molecule has 2 saturated heterocycles. The molecule has 10 heteroatoms. The Bertz CT molecular complexity index is 1120. The Labute approximate surface area is 183 Å². The van der Waals surface area contributed by atoms with E-state index in [0.717, 1.165) is 30.4 Å². The van der Waals surface area contributed by atoms with Crippen molar-refractivity contribution in [2.24, 2.45) is 0 Å². The molecular formula is C22H23F2N7O. The minimum atomic E-state index is -2.85. The monoisotopic (exact) mass is 439 g/mol. The second kappa shape index (κ2) is 7.19. The van der Waals surface area contributed by atoms with Crippen LogP contribution >= 0.6 is 0 Å². The van der Waals surface area contributed by atoms with Gasteiger partial charge in [0, 0.05) is 29.4 Å². The predicted molar refractivity (Wildman–Crippen MR) is 113 cm³/mol. The first-order valence-corrected chi connectivity index (χ1v) is 10.9. The number of benzene rings is 1. The molecule has 3 aromatic rings. The summed E-state index contributed by atoms with van der Waals surface area (Å²) in [6, 6.07) is 3.63. The summed E-state index contributed by atoms with van der Waals surface area (Å²) in [5.41, 5.74) is 2.52. The highest BCUT2D eigenvalue weighted by Crippen LogP contribution is 2.45. The molecule has 0 spiro atoms. The molecule has 0 radical (unpaired) electrons. The molecule has 2 aliphatic heterocycles. The number of anilines is 1. The number of H-pyrrole nitrogens is 1. The Morgan fingerprint density at radius 3 is 2.62 bits per heavy atom. The largest absolute Gasteiger partial charge is 0.507 e. The lowest BCUT2D eigenvalue weighted by molar-refractivity contribution is -0.0745. The highest BCUT2D eigenvalue weighted by molar-refractivity contribution is 5.73. The first kappa shape index (κ1) is 19.5. The highest BCUT2D eigenvalue weighted by Gasteiger charge is 2.58. The van der Waals surface area contributed by atoms with Gasteiger partial charge in [-0.2, -0.15) is 5.10 Å². The van der Waals surface area contributed by atoms with E-state index >= 15 is 8.78 Å². The van der Waals surface area contributed by atoms with Crippen LogP contribution in [0.3, 0.4) is 0 Å². The van der Waals surface area contributed by atoms with Crippen molar-refractivity contribution in [3.8, 4) is 28.1 Å². The van der Waals surface area contributed by atoms with E-state index in [1.54, 1.807) is 29.4 Å². The summed E-state index contributed by atoms with van der Waals surface area (Å²) in [4.78, 5) is 6.11. The van der Waals surface area contributed by atoms with Crippen molar-refractivity contribution in [3.05, 3.63) is 36.8 Å². The standard InChI is InChI=1S/C22H23F2N7O/c23-22(24)19-6-2-14(28-19)8-20(22)31(15-3-4-15)21-25-11-17(29-30-21)16-5-1-12(7-18(16)32)13-9-26-27-10-13/h1,5,7,9-11,14-15,19-20,28,32H,2-4,6,8H2,(H,26,27)/t14-,19+,20-/m1/s1. The van der Waals surface area contributed by atoms with Gasteiger partial charge in [0.25, 0.3) is 5.92 Å². The van der Waals surface area contributed by atoms with Gasteiger partial charge in [0.1, 0.15) is 11.4 Å². The number of hydrogen-bond acceptors (Lipinski definition) is 7. The van der Waals surface area contributed by atoms with E-state index in [-0.39, 0.29) is 23.8 Å². The molecule has 1 aromatic carbocycles. The molecule has 4 heterocycles. The summed E-state index contributed by atoms with van der Waals surface area (Å²) in [7, 11) is 0. The number of rotatable bonds is 5. The Morgan fingerprint density at radius 2 is 1.94 bits per heavy atom. The second-order valence-electron chi connectivity index (χ2n) is 8.92. The maximum absolute atomic E-state index is 15.2. The second-order valence-corrected chi connectivity index (χ2v) is 8.92. The van der Waals surface area contributed by atoms with E-state index in [1.165, 1.54) is 6.20 Å². The molecular weight excluding hydrogens is 416 g/mol. The Hall–Kier alpha value is -3.14. The van der Waals surface area contributed by atoms with Gasteiger partial charge in [-0.15, -0.1) is 10.2 Å². The third kappa shape index (κ3) is 3.21. The average Bonchev–Trinajstić information content (AvgIpc) is 3.29. The Balaban J connectivity index is 1.29. The van der Waals surface area contributed by atoms with Gasteiger partial charge < -0.3 is 15.3 Å². The van der Waals surface area contributed by atoms with Crippen molar-refractivity contribution in [3.63, 3.8) is 0 Å². The maximum atomic E-state index is 15.2. The molecule has 0 unspecified atom stereocenters. The number of aromatic amines is 1. The van der Waals surface area contributed by atoms with Gasteiger partial charge in [0.15, 0.2) is 0 Å². The first-order valence-electron chi connectivity index (χ1n) is 10.9. The third-order valence-electron chi connectivity index (χ3n) is 6.82. The van der Waals surface area contributed by atoms with Crippen LogP contribution in [-0.4, -0.2) is 60.6 Å². The van der Waals surface area contributed by atoms with Crippen LogP contribution < -0.4 is 10.2 Å². The number of fused-ring (bicyclic) bond motifs is 2. The fourth-order valence-corrected chi connectivity index (χ4v) is 5.02. The van der Waals surface area contributed by atoms with E-state index in [0.29, 0.717) is 24.1 Å². The normalized spacial score (nSPS) is 26.2. The van der Waals surface area contributed by atoms with Crippen LogP contribution in [0, 0.1) is 0 Å². The topological polar surface area (TPSA) is 103 Å². The van der Waals surface area contributed by atoms with Crippen LogP contribution in [0.4, 0.5) is 14.7 Å². The number of phenols is 1. The lowest BCUT2D eigenvalue weighted by atomic mass is 9.93. The quantitative estimate of drug-likeness (QED) is 0.561. The summed E-state index contributed by atoms with van der Waals surface area (Å²) in [5.74, 6) is -2.58. The molecule has 3 aliphatic rings. The Morgan fingerprint density at radius 1 is 1.06 bits per heavy atom. The Kier molecular flexibility index (Phi) is 4.39. The number of halogens is 2. The minimum Gasteiger partial charge on any atom is -0.507 e. The smallest absolute Gasteiger partial charge is 0.283 e. The number of piperidine rings is 1. The minimum absolute atomic E-state index is 0.0265. The van der Waals surface area contributed by atoms with Crippen molar-refractivity contribution in [2.45, 2.75) is 62.2 Å². The lowest BCUT2D eigenvalue weighted by Crippen LogP contribution is -2.63. The van der Waals surface area contributed by atoms with Crippen molar-refractivity contribution in [1.82, 2.24) is 30.7 Å². The molecule has 2 bridgehead atoms. The van der Waals surface area contributed by atoms with Gasteiger partial charge in [-0.05, 0) is 49.8 Å². The van der Waals surface area contributed by atoms with E-state index in [2.05, 4.69) is 30.7 Å². The number of aromatic nitrogens is 5. The maximum Gasteiger partial charge on any atom is 0.283 e. The zero-order chi connectivity index (χ0) is 21.9. The number of alkyl halides is 2. The SMILES string of the molecule is Oc1cc(-c2cn[nH]c2)ccc1-c1cnc(N(C2CC2)[C@@H]2C[C@H]3CC[C@H](N3)C2(F)F)nn1. The molecule has 8 nitrogen and oxygen atoms in total. The summed E-state index contributed by atoms with van der Waals surface area (Å²) in [6.07, 6.45) is 8.27. The average molecular weight is 439 g/mol. The van der Waals surface area contributed by atoms with Gasteiger partial charge >= 0.3 is 0 Å². The van der Waals surface area contributed by atoms with Gasteiger partial charge in [0.2, 0.25) is 5.95 Å². The van der Waals surface area contributed by atoms with Crippen LogP contribution in [0.2, 0.25) is 0 Å². The molecule has 1 saturated carbocycles. The molecule has 3 fully saturated rings. The van der Waals surface area contributed by atoms with E-state index in [9.17, 15) is 5.11 Å². The molecule has 0 amide bonds. The number of nitrogens with one attached hydrogen (secondary N) is 2. The van der Waals surface area contributed by atoms with Gasteiger partial charge in [-0.3, -0.25) is 5.10 Å². The first-order chi connectivity index (χ1) is 15.5. The molecule has 3 atom stereocenters. The van der Waals surface area contributed by atoms with Crippen LogP contribution in [0.1, 0.15) is 32.1 Å². The lowest BCUT2D eigenvalue weighted by Gasteiger charge is -2.43. The third-order valence-corrected chi connectivity index (χ3v) is 6.82. The number of phenolic OH excluding ortho intramolecular Hbond substituents is 1. The van der Waals surface area contributed by atoms with Crippen LogP contribution in [-0.2, 0) is 0 Å². The van der Waals surface area contributed by atoms with E-state index < -0.39 is 18.0 Å². The zero-order valence-corrected chi connectivity index (χ0v) is 17.2. The highest BCUT2D eigenvalue weighted by atomic mass is 19.3. The van der Waals surface area contributed by atoms with E-state index in [4.69, 9.17) is 0 Å². The van der Waals surface area contributed by atoms with Crippen molar-refractivity contribution < 1.29 is 13.9 Å². The van der Waals surface area contributed by atoms with E-state index in [1.807, 2.05) is 6.07 Å². The van der Waals surface area contributed by atoms with Crippen molar-refractivity contribution in [1.29, 1.82) is 0 Å². The summed E-state index contributed by atoms with van der Waals surface area (Å²) in [6.45, 7) is 0. The van der Waals surface area contributed by atoms with Crippen molar-refractivity contribution >= 4 is 5.95 Å². The molecule has 6 rings (SSSR count). The summed E-state index contributed by atoms with van der Waals surface area (Å²) in [5, 5.41) is 28.7. The fourth-order valence-electron chi connectivity index (χ4n) is 5.02. The summed E-state index contributed by atoms with van der Waals surface area (Å²) < 4.78 is 30.4. The van der Waals surface area contributed by atoms with Crippen LogP contribution in [0.15, 0.2) is 36.8 Å². The molecule has 1 aliphatic carbocycles. The molecule has 166 valence electrons. The fraction of sp³-hybridized carbons (Fsp3) is 0.455. The molecule has 32 heavy (non-hydrogen) atoms.